The predicted molar refractivity (Wildman–Crippen MR) is 115 cm³/mol. The number of carbonyl (C=O) groups is 2. The first-order valence-electron chi connectivity index (χ1n) is 10.9. The minimum Gasteiger partial charge on any atom is -0.469 e. The van der Waals surface area contributed by atoms with Crippen molar-refractivity contribution in [1.29, 1.82) is 0 Å². The topological polar surface area (TPSA) is 72.8 Å². The number of unbranched alkanes of at least 4 members (excludes halogenated alkanes) is 3. The van der Waals surface area contributed by atoms with Crippen LogP contribution < -0.4 is 0 Å². The number of hydrogen-bond donors (Lipinski definition) is 1. The van der Waals surface area contributed by atoms with Crippen LogP contribution in [0.1, 0.15) is 71.6 Å². The molecule has 1 fully saturated rings. The summed E-state index contributed by atoms with van der Waals surface area (Å²) in [6, 6.07) is 0. The van der Waals surface area contributed by atoms with Gasteiger partial charge in [-0.2, -0.15) is 8.78 Å². The fraction of sp³-hybridized carbons (Fsp3) is 0.818. The fourth-order valence-corrected chi connectivity index (χ4v) is 4.30. The van der Waals surface area contributed by atoms with E-state index >= 15 is 0 Å². The van der Waals surface area contributed by atoms with Gasteiger partial charge >= 0.3 is 11.9 Å². The van der Waals surface area contributed by atoms with Gasteiger partial charge in [0.1, 0.15) is 0 Å². The minimum atomic E-state index is -3.38. The molecule has 0 aromatic rings. The van der Waals surface area contributed by atoms with Gasteiger partial charge < -0.3 is 14.4 Å². The lowest BCUT2D eigenvalue weighted by Gasteiger charge is -2.22. The summed E-state index contributed by atoms with van der Waals surface area (Å²) in [4.78, 5) is 23.2. The molecule has 0 aromatic carbocycles. The van der Waals surface area contributed by atoms with Crippen LogP contribution in [-0.2, 0) is 18.8 Å². The molecular formula is C22H37F2O5P. The number of halogens is 2. The lowest BCUT2D eigenvalue weighted by Crippen LogP contribution is -2.30. The maximum Gasteiger partial charge on any atom is 0.309 e. The summed E-state index contributed by atoms with van der Waals surface area (Å²) in [5, 5.41) is 10.4. The molecule has 1 aliphatic carbocycles. The fourth-order valence-electron chi connectivity index (χ4n) is 4.01. The van der Waals surface area contributed by atoms with Crippen LogP contribution in [0.4, 0.5) is 8.78 Å². The quantitative estimate of drug-likeness (QED) is 0.177. The van der Waals surface area contributed by atoms with Crippen molar-refractivity contribution in [2.75, 3.05) is 7.11 Å². The molecule has 0 aliphatic heterocycles. The molecule has 1 N–H and O–H groups in total. The van der Waals surface area contributed by atoms with E-state index in [0.717, 1.165) is 31.8 Å². The van der Waals surface area contributed by atoms with Gasteiger partial charge in [-0.25, -0.2) is 0 Å². The van der Waals surface area contributed by atoms with E-state index in [2.05, 4.69) is 14.2 Å². The summed E-state index contributed by atoms with van der Waals surface area (Å²) in [6.07, 6.45) is 6.54. The van der Waals surface area contributed by atoms with E-state index in [1.807, 2.05) is 6.92 Å². The molecule has 5 nitrogen and oxygen atoms in total. The van der Waals surface area contributed by atoms with E-state index in [0.29, 0.717) is 25.7 Å². The number of ketones is 1. The monoisotopic (exact) mass is 450 g/mol. The molecule has 30 heavy (non-hydrogen) atoms. The van der Waals surface area contributed by atoms with Crippen molar-refractivity contribution in [1.82, 2.24) is 0 Å². The third kappa shape index (κ3) is 8.68. The lowest BCUT2D eigenvalue weighted by molar-refractivity contribution is -0.141. The molecule has 8 heteroatoms. The highest BCUT2D eigenvalue weighted by Gasteiger charge is 2.42. The van der Waals surface area contributed by atoms with Crippen molar-refractivity contribution in [3.05, 3.63) is 12.2 Å². The molecule has 1 saturated carbocycles. The van der Waals surface area contributed by atoms with Crippen LogP contribution in [-0.4, -0.2) is 42.1 Å². The Morgan fingerprint density at radius 1 is 1.27 bits per heavy atom. The summed E-state index contributed by atoms with van der Waals surface area (Å²) in [5.74, 6) is -5.47. The molecule has 0 radical (unpaired) electrons. The number of hydrogen-bond acceptors (Lipinski definition) is 5. The minimum absolute atomic E-state index is 0.150. The maximum absolute atomic E-state index is 14.2. The van der Waals surface area contributed by atoms with Crippen molar-refractivity contribution in [3.63, 3.8) is 0 Å². The molecule has 0 saturated heterocycles. The van der Waals surface area contributed by atoms with E-state index < -0.39 is 24.2 Å². The molecule has 0 bridgehead atoms. The van der Waals surface area contributed by atoms with Crippen LogP contribution >= 0.6 is 9.47 Å². The van der Waals surface area contributed by atoms with Crippen molar-refractivity contribution in [2.24, 2.45) is 17.8 Å². The van der Waals surface area contributed by atoms with Crippen LogP contribution in [0.15, 0.2) is 12.2 Å². The van der Waals surface area contributed by atoms with Crippen LogP contribution in [0.5, 0.6) is 0 Å². The van der Waals surface area contributed by atoms with Crippen LogP contribution in [0, 0.1) is 17.8 Å². The van der Waals surface area contributed by atoms with Gasteiger partial charge in [0, 0.05) is 34.6 Å². The van der Waals surface area contributed by atoms with Gasteiger partial charge in [-0.3, -0.25) is 9.59 Å². The molecule has 6 atom stereocenters. The largest absolute Gasteiger partial charge is 0.469 e. The van der Waals surface area contributed by atoms with Gasteiger partial charge in [-0.15, -0.1) is 0 Å². The molecule has 0 aromatic heterocycles. The zero-order valence-electron chi connectivity index (χ0n) is 18.3. The number of ether oxygens (including phenoxy) is 1. The summed E-state index contributed by atoms with van der Waals surface area (Å²) >= 11 is 0. The number of alkyl halides is 2. The zero-order valence-corrected chi connectivity index (χ0v) is 19.5. The van der Waals surface area contributed by atoms with Gasteiger partial charge in [-0.05, 0) is 30.8 Å². The number of aliphatic hydroxyl groups excluding tert-OH is 1. The molecule has 0 amide bonds. The average molecular weight is 451 g/mol. The standard InChI is InChI=1S/C22H37F2O5P/c1-4-15(2)14-22(23,24)20(26)12-11-17-16(18(25)13-19(17)29-30)9-7-5-6-8-10-21(27)28-3/h11-12,15-19,25H,4-10,13-14,30H2,1-3H3/b12-11+/t15-,16+,17+,18-,19+/m0/s1. The van der Waals surface area contributed by atoms with E-state index in [-0.39, 0.29) is 29.8 Å². The highest BCUT2D eigenvalue weighted by molar-refractivity contribution is 7.09. The van der Waals surface area contributed by atoms with E-state index in [9.17, 15) is 23.5 Å². The van der Waals surface area contributed by atoms with Crippen LogP contribution in [0.2, 0.25) is 0 Å². The highest BCUT2D eigenvalue weighted by Crippen LogP contribution is 2.40. The Morgan fingerprint density at radius 2 is 1.93 bits per heavy atom. The molecular weight excluding hydrogens is 413 g/mol. The maximum atomic E-state index is 14.2. The second-order valence-corrected chi connectivity index (χ2v) is 8.67. The van der Waals surface area contributed by atoms with E-state index in [4.69, 9.17) is 4.52 Å². The van der Waals surface area contributed by atoms with Gasteiger partial charge in [0.25, 0.3) is 0 Å². The van der Waals surface area contributed by atoms with Gasteiger partial charge in [0.15, 0.2) is 0 Å². The first-order valence-corrected chi connectivity index (χ1v) is 11.3. The number of aliphatic hydroxyl groups is 1. The smallest absolute Gasteiger partial charge is 0.309 e. The summed E-state index contributed by atoms with van der Waals surface area (Å²) < 4.78 is 38.3. The zero-order chi connectivity index (χ0) is 22.7. The number of esters is 1. The molecule has 1 rings (SSSR count). The number of methoxy groups -OCH3 is 1. The van der Waals surface area contributed by atoms with Gasteiger partial charge in [0.2, 0.25) is 5.78 Å². The summed E-state index contributed by atoms with van der Waals surface area (Å²) in [5.41, 5.74) is 0. The molecule has 0 heterocycles. The first-order chi connectivity index (χ1) is 14.2. The van der Waals surface area contributed by atoms with E-state index in [1.54, 1.807) is 6.92 Å². The normalized spacial score (nSPS) is 25.6. The summed E-state index contributed by atoms with van der Waals surface area (Å²) in [7, 11) is 3.54. The third-order valence-electron chi connectivity index (χ3n) is 6.09. The van der Waals surface area contributed by atoms with Gasteiger partial charge in [0.05, 0.1) is 19.3 Å². The van der Waals surface area contributed by atoms with E-state index in [1.165, 1.54) is 13.2 Å². The van der Waals surface area contributed by atoms with Crippen LogP contribution in [0.3, 0.4) is 0 Å². The average Bonchev–Trinajstić information content (AvgIpc) is 3.02. The first kappa shape index (κ1) is 27.1. The Bertz CT molecular complexity index is 570. The Labute approximate surface area is 181 Å². The Kier molecular flexibility index (Phi) is 12.2. The Morgan fingerprint density at radius 3 is 2.53 bits per heavy atom. The second-order valence-electron chi connectivity index (χ2n) is 8.39. The van der Waals surface area contributed by atoms with Crippen molar-refractivity contribution >= 4 is 21.2 Å². The van der Waals surface area contributed by atoms with Crippen molar-refractivity contribution < 1.29 is 32.7 Å². The Balaban J connectivity index is 2.63. The predicted octanol–water partition coefficient (Wildman–Crippen LogP) is 4.87. The highest BCUT2D eigenvalue weighted by atomic mass is 31.0. The SMILES string of the molecule is CC[C@H](C)CC(F)(F)C(=O)/C=C/[C@@H]1[C@@H](CCCCCCC(=O)OC)[C@@H](O)C[C@H]1OP. The number of allylic oxidation sites excluding steroid dienone is 1. The van der Waals surface area contributed by atoms with Crippen LogP contribution in [0.25, 0.3) is 0 Å². The lowest BCUT2D eigenvalue weighted by atomic mass is 9.87. The van der Waals surface area contributed by atoms with Gasteiger partial charge in [-0.1, -0.05) is 45.6 Å². The molecule has 174 valence electrons. The Hall–Kier alpha value is -0.910. The van der Waals surface area contributed by atoms with Crippen molar-refractivity contribution in [2.45, 2.75) is 89.8 Å². The number of carbonyl (C=O) groups excluding carboxylic acids is 2. The molecule has 0 spiro atoms. The second kappa shape index (κ2) is 13.5. The third-order valence-corrected chi connectivity index (χ3v) is 6.44. The molecule has 1 unspecified atom stereocenters. The number of rotatable bonds is 14. The van der Waals surface area contributed by atoms with Crippen molar-refractivity contribution in [3.8, 4) is 0 Å². The molecule has 1 aliphatic rings. The summed E-state index contributed by atoms with van der Waals surface area (Å²) in [6.45, 7) is 3.53.